The Morgan fingerprint density at radius 3 is 2.62 bits per heavy atom. The molecule has 0 bridgehead atoms. The van der Waals surface area contributed by atoms with Gasteiger partial charge in [0.05, 0.1) is 11.8 Å². The third kappa shape index (κ3) is 2.85. The van der Waals surface area contributed by atoms with Crippen LogP contribution in [0.4, 0.5) is 0 Å². The van der Waals surface area contributed by atoms with Gasteiger partial charge in [-0.25, -0.2) is 0 Å². The molecular formula is C11H15NO4. The van der Waals surface area contributed by atoms with Crippen molar-refractivity contribution >= 4 is 11.9 Å². The molecule has 16 heavy (non-hydrogen) atoms. The number of carbonyl (C=O) groups is 2. The fourth-order valence-electron chi connectivity index (χ4n) is 1.46. The molecule has 0 aliphatic rings. The summed E-state index contributed by atoms with van der Waals surface area (Å²) in [5.41, 5.74) is 0.426. The molecule has 1 N–H and O–H groups in total. The van der Waals surface area contributed by atoms with Gasteiger partial charge >= 0.3 is 5.97 Å². The van der Waals surface area contributed by atoms with E-state index in [9.17, 15) is 9.59 Å². The van der Waals surface area contributed by atoms with E-state index in [1.54, 1.807) is 13.0 Å². The Hall–Kier alpha value is -1.78. The highest BCUT2D eigenvalue weighted by atomic mass is 16.4. The topological polar surface area (TPSA) is 70.8 Å². The van der Waals surface area contributed by atoms with Gasteiger partial charge in [0.15, 0.2) is 0 Å². The molecule has 0 radical (unpaired) electrons. The molecule has 0 saturated heterocycles. The highest BCUT2D eigenvalue weighted by molar-refractivity contribution is 5.96. The van der Waals surface area contributed by atoms with Crippen LogP contribution in [0.25, 0.3) is 0 Å². The van der Waals surface area contributed by atoms with Crippen molar-refractivity contribution in [3.63, 3.8) is 0 Å². The molecule has 0 spiro atoms. The van der Waals surface area contributed by atoms with E-state index in [0.29, 0.717) is 17.9 Å². The maximum Gasteiger partial charge on any atom is 0.323 e. The molecule has 5 heteroatoms. The molecule has 1 aromatic rings. The average molecular weight is 225 g/mol. The Balaban J connectivity index is 2.82. The van der Waals surface area contributed by atoms with Gasteiger partial charge in [-0.15, -0.1) is 0 Å². The summed E-state index contributed by atoms with van der Waals surface area (Å²) < 4.78 is 5.02. The lowest BCUT2D eigenvalue weighted by molar-refractivity contribution is -0.137. The van der Waals surface area contributed by atoms with Crippen molar-refractivity contribution in [2.45, 2.75) is 20.3 Å². The van der Waals surface area contributed by atoms with Gasteiger partial charge in [0.1, 0.15) is 12.3 Å². The number of hydrogen-bond acceptors (Lipinski definition) is 3. The van der Waals surface area contributed by atoms with Gasteiger partial charge in [0.2, 0.25) is 0 Å². The second kappa shape index (κ2) is 5.34. The fraction of sp³-hybridized carbons (Fsp3) is 0.455. The van der Waals surface area contributed by atoms with Crippen LogP contribution >= 0.6 is 0 Å². The van der Waals surface area contributed by atoms with Crippen LogP contribution < -0.4 is 0 Å². The van der Waals surface area contributed by atoms with Gasteiger partial charge in [-0.3, -0.25) is 9.59 Å². The van der Waals surface area contributed by atoms with E-state index in [1.165, 1.54) is 11.2 Å². The Labute approximate surface area is 93.7 Å². The smallest absolute Gasteiger partial charge is 0.323 e. The first-order valence-electron chi connectivity index (χ1n) is 5.11. The number of hydrogen-bond donors (Lipinski definition) is 1. The zero-order valence-electron chi connectivity index (χ0n) is 9.40. The van der Waals surface area contributed by atoms with E-state index in [-0.39, 0.29) is 12.5 Å². The number of amides is 1. The van der Waals surface area contributed by atoms with Gasteiger partial charge in [0, 0.05) is 6.54 Å². The predicted octanol–water partition coefficient (Wildman–Crippen LogP) is 1.52. The van der Waals surface area contributed by atoms with Crippen LogP contribution in [-0.4, -0.2) is 35.0 Å². The van der Waals surface area contributed by atoms with E-state index < -0.39 is 5.97 Å². The number of rotatable bonds is 5. The third-order valence-electron chi connectivity index (χ3n) is 2.20. The van der Waals surface area contributed by atoms with Crippen molar-refractivity contribution in [2.75, 3.05) is 13.1 Å². The van der Waals surface area contributed by atoms with E-state index in [1.807, 2.05) is 6.92 Å². The molecule has 0 unspecified atom stereocenters. The molecule has 1 aromatic heterocycles. The highest BCUT2D eigenvalue weighted by Crippen LogP contribution is 2.12. The van der Waals surface area contributed by atoms with Crippen LogP contribution in [0.3, 0.4) is 0 Å². The lowest BCUT2D eigenvalue weighted by atomic mass is 10.2. The van der Waals surface area contributed by atoms with Gasteiger partial charge in [0.25, 0.3) is 5.91 Å². The predicted molar refractivity (Wildman–Crippen MR) is 57.3 cm³/mol. The van der Waals surface area contributed by atoms with E-state index in [2.05, 4.69) is 0 Å². The minimum Gasteiger partial charge on any atom is -0.480 e. The van der Waals surface area contributed by atoms with Crippen LogP contribution in [0, 0.1) is 6.92 Å². The first-order valence-corrected chi connectivity index (χ1v) is 5.11. The second-order valence-electron chi connectivity index (χ2n) is 3.51. The molecule has 1 heterocycles. The molecule has 88 valence electrons. The Bertz CT molecular complexity index is 383. The molecule has 1 rings (SSSR count). The number of carboxylic acid groups (broad SMARTS) is 1. The highest BCUT2D eigenvalue weighted by Gasteiger charge is 2.20. The lowest BCUT2D eigenvalue weighted by Crippen LogP contribution is -2.36. The van der Waals surface area contributed by atoms with Crippen molar-refractivity contribution in [3.8, 4) is 0 Å². The maximum atomic E-state index is 12.0. The van der Waals surface area contributed by atoms with E-state index >= 15 is 0 Å². The number of aryl methyl sites for hydroxylation is 1. The van der Waals surface area contributed by atoms with Crippen molar-refractivity contribution < 1.29 is 19.1 Å². The molecule has 0 aliphatic heterocycles. The summed E-state index contributed by atoms with van der Waals surface area (Å²) in [5.74, 6) is -0.796. The normalized spacial score (nSPS) is 10.1. The first kappa shape index (κ1) is 12.3. The number of nitrogens with zero attached hydrogens (tertiary/aromatic N) is 1. The summed E-state index contributed by atoms with van der Waals surface area (Å²) in [6.45, 7) is 3.72. The Morgan fingerprint density at radius 1 is 1.50 bits per heavy atom. The van der Waals surface area contributed by atoms with Crippen LogP contribution in [0.15, 0.2) is 16.7 Å². The largest absolute Gasteiger partial charge is 0.480 e. The van der Waals surface area contributed by atoms with Crippen molar-refractivity contribution in [2.24, 2.45) is 0 Å². The van der Waals surface area contributed by atoms with Gasteiger partial charge < -0.3 is 14.4 Å². The van der Waals surface area contributed by atoms with E-state index in [4.69, 9.17) is 9.52 Å². The zero-order chi connectivity index (χ0) is 12.1. The lowest BCUT2D eigenvalue weighted by Gasteiger charge is -2.19. The summed E-state index contributed by atoms with van der Waals surface area (Å²) >= 11 is 0. The average Bonchev–Trinajstić information content (AvgIpc) is 2.62. The summed E-state index contributed by atoms with van der Waals surface area (Å²) in [6.07, 6.45) is 2.14. The van der Waals surface area contributed by atoms with Crippen LogP contribution in [0.1, 0.15) is 29.5 Å². The second-order valence-corrected chi connectivity index (χ2v) is 3.51. The van der Waals surface area contributed by atoms with Crippen LogP contribution in [0.5, 0.6) is 0 Å². The molecule has 1 amide bonds. The minimum absolute atomic E-state index is 0.280. The molecule has 0 aliphatic carbocycles. The van der Waals surface area contributed by atoms with Gasteiger partial charge in [-0.05, 0) is 19.4 Å². The standard InChI is InChI=1S/C11H15NO4/c1-3-5-12(7-10(13)14)11(15)9-4-6-16-8(9)2/h4,6H,3,5,7H2,1-2H3,(H,13,14). The number of furan rings is 1. The fourth-order valence-corrected chi connectivity index (χ4v) is 1.46. The minimum atomic E-state index is -1.01. The monoisotopic (exact) mass is 225 g/mol. The molecule has 5 nitrogen and oxygen atoms in total. The van der Waals surface area contributed by atoms with Crippen LogP contribution in [0.2, 0.25) is 0 Å². The molecular weight excluding hydrogens is 210 g/mol. The van der Waals surface area contributed by atoms with Crippen molar-refractivity contribution in [1.82, 2.24) is 4.90 Å². The van der Waals surface area contributed by atoms with Gasteiger partial charge in [-0.1, -0.05) is 6.92 Å². The molecule has 0 fully saturated rings. The Kier molecular flexibility index (Phi) is 4.10. The number of carboxylic acids is 1. The summed E-state index contributed by atoms with van der Waals surface area (Å²) in [5, 5.41) is 8.71. The summed E-state index contributed by atoms with van der Waals surface area (Å²) in [4.78, 5) is 23.9. The van der Waals surface area contributed by atoms with Gasteiger partial charge in [-0.2, -0.15) is 0 Å². The molecule has 0 atom stereocenters. The summed E-state index contributed by atoms with van der Waals surface area (Å²) in [7, 11) is 0. The molecule has 0 aromatic carbocycles. The van der Waals surface area contributed by atoms with E-state index in [0.717, 1.165) is 6.42 Å². The van der Waals surface area contributed by atoms with Crippen molar-refractivity contribution in [1.29, 1.82) is 0 Å². The Morgan fingerprint density at radius 2 is 2.19 bits per heavy atom. The zero-order valence-corrected chi connectivity index (χ0v) is 9.40. The van der Waals surface area contributed by atoms with Crippen LogP contribution in [-0.2, 0) is 4.79 Å². The summed E-state index contributed by atoms with van der Waals surface area (Å²) in [6, 6.07) is 1.56. The maximum absolute atomic E-state index is 12.0. The van der Waals surface area contributed by atoms with Crippen molar-refractivity contribution in [3.05, 3.63) is 23.7 Å². The number of aliphatic carboxylic acids is 1. The molecule has 0 saturated carbocycles. The first-order chi connectivity index (χ1) is 7.56. The SMILES string of the molecule is CCCN(CC(=O)O)C(=O)c1ccoc1C. The number of carbonyl (C=O) groups excluding carboxylic acids is 1. The third-order valence-corrected chi connectivity index (χ3v) is 2.20. The quantitative estimate of drug-likeness (QED) is 0.824.